The van der Waals surface area contributed by atoms with Crippen LogP contribution in [0.25, 0.3) is 10.9 Å². The van der Waals surface area contributed by atoms with Crippen molar-refractivity contribution in [3.8, 4) is 11.9 Å². The van der Waals surface area contributed by atoms with Gasteiger partial charge in [-0.15, -0.1) is 0 Å². The third-order valence-electron chi connectivity index (χ3n) is 2.54. The molecule has 0 N–H and O–H groups in total. The number of rotatable bonds is 5. The molecule has 0 fully saturated rings. The van der Waals surface area contributed by atoms with Gasteiger partial charge in [-0.25, -0.2) is 4.98 Å². The molecular formula is C14H14N2O2. The second-order valence-corrected chi connectivity index (χ2v) is 3.84. The highest BCUT2D eigenvalue weighted by molar-refractivity contribution is 5.80. The Morgan fingerprint density at radius 3 is 2.89 bits per heavy atom. The minimum atomic E-state index is 0.396. The summed E-state index contributed by atoms with van der Waals surface area (Å²) in [6.07, 6.45) is 0.774. The second-order valence-electron chi connectivity index (χ2n) is 3.84. The van der Waals surface area contributed by atoms with E-state index < -0.39 is 0 Å². The normalized spacial score (nSPS) is 10.2. The predicted octanol–water partition coefficient (Wildman–Crippen LogP) is 2.52. The quantitative estimate of drug-likeness (QED) is 0.756. The van der Waals surface area contributed by atoms with Gasteiger partial charge >= 0.3 is 0 Å². The van der Waals surface area contributed by atoms with E-state index in [2.05, 4.69) is 11.1 Å². The fraction of sp³-hybridized carbons (Fsp3) is 0.286. The predicted molar refractivity (Wildman–Crippen MR) is 68.4 cm³/mol. The van der Waals surface area contributed by atoms with Crippen molar-refractivity contribution in [3.63, 3.8) is 0 Å². The number of fused-ring (bicyclic) bond motifs is 1. The van der Waals surface area contributed by atoms with Crippen LogP contribution in [0.15, 0.2) is 30.3 Å². The molecule has 0 spiro atoms. The highest BCUT2D eigenvalue weighted by Gasteiger charge is 2.07. The van der Waals surface area contributed by atoms with Gasteiger partial charge in [0, 0.05) is 25.5 Å². The van der Waals surface area contributed by atoms with Crippen LogP contribution in [0.1, 0.15) is 12.0 Å². The first-order valence-electron chi connectivity index (χ1n) is 5.77. The molecule has 1 heterocycles. The molecule has 92 valence electrons. The van der Waals surface area contributed by atoms with E-state index >= 15 is 0 Å². The number of benzene rings is 1. The van der Waals surface area contributed by atoms with Crippen LogP contribution in [0.5, 0.6) is 5.88 Å². The van der Waals surface area contributed by atoms with Crippen LogP contribution in [-0.2, 0) is 4.74 Å². The minimum Gasteiger partial charge on any atom is -0.477 e. The van der Waals surface area contributed by atoms with Gasteiger partial charge in [-0.2, -0.15) is 5.26 Å². The molecule has 0 unspecified atom stereocenters. The van der Waals surface area contributed by atoms with Crippen molar-refractivity contribution in [1.29, 1.82) is 5.26 Å². The number of methoxy groups -OCH3 is 1. The maximum Gasteiger partial charge on any atom is 0.232 e. The summed E-state index contributed by atoms with van der Waals surface area (Å²) in [6.45, 7) is 1.13. The largest absolute Gasteiger partial charge is 0.477 e. The average molecular weight is 242 g/mol. The third-order valence-corrected chi connectivity index (χ3v) is 2.54. The molecule has 0 aliphatic carbocycles. The minimum absolute atomic E-state index is 0.396. The molecule has 0 atom stereocenters. The summed E-state index contributed by atoms with van der Waals surface area (Å²) in [6, 6.07) is 11.6. The molecule has 0 bridgehead atoms. The zero-order chi connectivity index (χ0) is 12.8. The van der Waals surface area contributed by atoms with Gasteiger partial charge in [0.2, 0.25) is 5.88 Å². The molecule has 2 rings (SSSR count). The fourth-order valence-electron chi connectivity index (χ4n) is 1.66. The highest BCUT2D eigenvalue weighted by Crippen LogP contribution is 2.21. The Labute approximate surface area is 106 Å². The molecule has 4 nitrogen and oxygen atoms in total. The van der Waals surface area contributed by atoms with Crippen molar-refractivity contribution < 1.29 is 9.47 Å². The number of aromatic nitrogens is 1. The van der Waals surface area contributed by atoms with Gasteiger partial charge in [0.1, 0.15) is 11.6 Å². The van der Waals surface area contributed by atoms with Gasteiger partial charge in [-0.1, -0.05) is 18.2 Å². The van der Waals surface area contributed by atoms with Crippen LogP contribution < -0.4 is 4.74 Å². The first kappa shape index (κ1) is 12.3. The van der Waals surface area contributed by atoms with Crippen molar-refractivity contribution in [2.45, 2.75) is 6.42 Å². The number of nitriles is 1. The van der Waals surface area contributed by atoms with Crippen molar-refractivity contribution in [1.82, 2.24) is 4.98 Å². The number of hydrogen-bond donors (Lipinski definition) is 0. The number of ether oxygens (including phenoxy) is 2. The SMILES string of the molecule is COCCCOc1nc2ccccc2cc1C#N. The summed E-state index contributed by atoms with van der Waals surface area (Å²) < 4.78 is 10.5. The Kier molecular flexibility index (Phi) is 4.11. The van der Waals surface area contributed by atoms with E-state index in [-0.39, 0.29) is 0 Å². The topological polar surface area (TPSA) is 55.1 Å². The molecule has 1 aromatic heterocycles. The van der Waals surface area contributed by atoms with Crippen LogP contribution in [0.3, 0.4) is 0 Å². The molecule has 0 aliphatic heterocycles. The first-order valence-corrected chi connectivity index (χ1v) is 5.77. The number of nitrogens with zero attached hydrogens (tertiary/aromatic N) is 2. The number of para-hydroxylation sites is 1. The lowest BCUT2D eigenvalue weighted by Gasteiger charge is -2.07. The van der Waals surface area contributed by atoms with E-state index in [9.17, 15) is 0 Å². The summed E-state index contributed by atoms with van der Waals surface area (Å²) in [4.78, 5) is 4.36. The Morgan fingerprint density at radius 2 is 2.11 bits per heavy atom. The number of hydrogen-bond acceptors (Lipinski definition) is 4. The van der Waals surface area contributed by atoms with E-state index in [1.54, 1.807) is 13.2 Å². The Balaban J connectivity index is 2.23. The van der Waals surface area contributed by atoms with Crippen LogP contribution in [0.2, 0.25) is 0 Å². The summed E-state index contributed by atoms with van der Waals surface area (Å²) in [5.74, 6) is 0.396. The lowest BCUT2D eigenvalue weighted by Crippen LogP contribution is -2.04. The van der Waals surface area contributed by atoms with Crippen LogP contribution in [0, 0.1) is 11.3 Å². The molecule has 0 radical (unpaired) electrons. The molecule has 0 amide bonds. The van der Waals surface area contributed by atoms with Crippen LogP contribution >= 0.6 is 0 Å². The summed E-state index contributed by atoms with van der Waals surface area (Å²) in [5.41, 5.74) is 1.30. The molecule has 2 aromatic rings. The van der Waals surface area contributed by atoms with Gasteiger partial charge in [-0.05, 0) is 12.1 Å². The maximum absolute atomic E-state index is 9.09. The van der Waals surface area contributed by atoms with Crippen LogP contribution in [0.4, 0.5) is 0 Å². The second kappa shape index (κ2) is 5.99. The first-order chi connectivity index (χ1) is 8.85. The van der Waals surface area contributed by atoms with Gasteiger partial charge in [0.15, 0.2) is 0 Å². The highest BCUT2D eigenvalue weighted by atomic mass is 16.5. The average Bonchev–Trinajstić information content (AvgIpc) is 2.42. The van der Waals surface area contributed by atoms with E-state index in [4.69, 9.17) is 14.7 Å². The van der Waals surface area contributed by atoms with Crippen molar-refractivity contribution in [3.05, 3.63) is 35.9 Å². The molecule has 0 saturated carbocycles. The van der Waals surface area contributed by atoms with Crippen molar-refractivity contribution >= 4 is 10.9 Å². The molecule has 0 aliphatic rings. The summed E-state index contributed by atoms with van der Waals surface area (Å²) in [5, 5.41) is 10.0. The monoisotopic (exact) mass is 242 g/mol. The van der Waals surface area contributed by atoms with Crippen molar-refractivity contribution in [2.75, 3.05) is 20.3 Å². The van der Waals surface area contributed by atoms with E-state index in [1.807, 2.05) is 24.3 Å². The van der Waals surface area contributed by atoms with Crippen molar-refractivity contribution in [2.24, 2.45) is 0 Å². The summed E-state index contributed by atoms with van der Waals surface area (Å²) in [7, 11) is 1.65. The fourth-order valence-corrected chi connectivity index (χ4v) is 1.66. The Morgan fingerprint density at radius 1 is 1.28 bits per heavy atom. The lowest BCUT2D eigenvalue weighted by molar-refractivity contribution is 0.170. The molecule has 1 aromatic carbocycles. The van der Waals surface area contributed by atoms with Gasteiger partial charge in [-0.3, -0.25) is 0 Å². The van der Waals surface area contributed by atoms with E-state index in [1.165, 1.54) is 0 Å². The lowest BCUT2D eigenvalue weighted by atomic mass is 10.1. The zero-order valence-electron chi connectivity index (χ0n) is 10.2. The Bertz CT molecular complexity index is 576. The number of pyridine rings is 1. The van der Waals surface area contributed by atoms with Gasteiger partial charge < -0.3 is 9.47 Å². The summed E-state index contributed by atoms with van der Waals surface area (Å²) >= 11 is 0. The van der Waals surface area contributed by atoms with Crippen LogP contribution in [-0.4, -0.2) is 25.3 Å². The maximum atomic E-state index is 9.09. The Hall–Kier alpha value is -2.12. The van der Waals surface area contributed by atoms with Gasteiger partial charge in [0.05, 0.1) is 12.1 Å². The smallest absolute Gasteiger partial charge is 0.232 e. The molecular weight excluding hydrogens is 228 g/mol. The molecule has 18 heavy (non-hydrogen) atoms. The van der Waals surface area contributed by atoms with E-state index in [0.29, 0.717) is 24.7 Å². The van der Waals surface area contributed by atoms with Gasteiger partial charge in [0.25, 0.3) is 0 Å². The standard InChI is InChI=1S/C14H14N2O2/c1-17-7-4-8-18-14-12(10-15)9-11-5-2-3-6-13(11)16-14/h2-3,5-6,9H,4,7-8H2,1H3. The third kappa shape index (κ3) is 2.76. The zero-order valence-corrected chi connectivity index (χ0v) is 10.2. The van der Waals surface area contributed by atoms with E-state index in [0.717, 1.165) is 17.3 Å². The molecule has 0 saturated heterocycles. The molecule has 4 heteroatoms.